The lowest BCUT2D eigenvalue weighted by atomic mass is 9.73. The van der Waals surface area contributed by atoms with Gasteiger partial charge < -0.3 is 10.2 Å². The zero-order chi connectivity index (χ0) is 13.6. The molecule has 4 nitrogen and oxygen atoms in total. The maximum Gasteiger partial charge on any atom is 0.317 e. The molecule has 0 rings (SSSR count). The number of carbonyl (C=O) groups is 2. The van der Waals surface area contributed by atoms with Gasteiger partial charge in [-0.05, 0) is 24.2 Å². The molecule has 0 aliphatic heterocycles. The molecule has 0 aromatic carbocycles. The van der Waals surface area contributed by atoms with Crippen LogP contribution in [0.1, 0.15) is 53.4 Å². The zero-order valence-electron chi connectivity index (χ0n) is 11.2. The van der Waals surface area contributed by atoms with E-state index in [4.69, 9.17) is 10.2 Å². The molecule has 0 amide bonds. The van der Waals surface area contributed by atoms with Gasteiger partial charge in [0.15, 0.2) is 5.92 Å². The maximum atomic E-state index is 10.9. The van der Waals surface area contributed by atoms with E-state index in [-0.39, 0.29) is 40.8 Å². The Morgan fingerprint density at radius 3 is 1.83 bits per heavy atom. The fourth-order valence-corrected chi connectivity index (χ4v) is 1.95. The van der Waals surface area contributed by atoms with E-state index in [1.807, 2.05) is 20.8 Å². The van der Waals surface area contributed by atoms with Gasteiger partial charge in [0.2, 0.25) is 0 Å². The van der Waals surface area contributed by atoms with Crippen LogP contribution in [0.2, 0.25) is 0 Å². The second-order valence-electron chi connectivity index (χ2n) is 5.67. The second kappa shape index (κ2) is 8.75. The Balaban J connectivity index is 0. The van der Waals surface area contributed by atoms with Crippen molar-refractivity contribution in [3.63, 3.8) is 0 Å². The van der Waals surface area contributed by atoms with E-state index < -0.39 is 17.9 Å². The first kappa shape index (κ1) is 20.0. The van der Waals surface area contributed by atoms with E-state index in [1.165, 1.54) is 0 Å². The number of hydrogen-bond donors (Lipinski definition) is 2. The van der Waals surface area contributed by atoms with Crippen molar-refractivity contribution in [2.45, 2.75) is 53.4 Å². The molecule has 0 radical (unpaired) electrons. The van der Waals surface area contributed by atoms with E-state index in [1.54, 1.807) is 0 Å². The average molecular weight is 271 g/mol. The fourth-order valence-electron chi connectivity index (χ4n) is 1.95. The molecule has 0 aliphatic rings. The highest BCUT2D eigenvalue weighted by Crippen LogP contribution is 2.35. The van der Waals surface area contributed by atoms with Gasteiger partial charge in [0.05, 0.1) is 0 Å². The van der Waals surface area contributed by atoms with Gasteiger partial charge in [0.1, 0.15) is 0 Å². The lowest BCUT2D eigenvalue weighted by Crippen LogP contribution is -2.31. The van der Waals surface area contributed by atoms with Gasteiger partial charge in [0.25, 0.3) is 0 Å². The molecule has 104 valence electrons. The molecule has 1 atom stereocenters. The van der Waals surface area contributed by atoms with Crippen LogP contribution >= 0.6 is 0 Å². The molecule has 0 bridgehead atoms. The highest BCUT2D eigenvalue weighted by Gasteiger charge is 2.33. The van der Waals surface area contributed by atoms with E-state index in [2.05, 4.69) is 6.92 Å². The summed E-state index contributed by atoms with van der Waals surface area (Å²) in [5.41, 5.74) is -0.0572. The molecule has 5 heteroatoms. The molecule has 1 unspecified atom stereocenters. The molecule has 0 aromatic rings. The number of hydrogen-bond acceptors (Lipinski definition) is 2. The van der Waals surface area contributed by atoms with Crippen molar-refractivity contribution >= 4 is 35.0 Å². The summed E-state index contributed by atoms with van der Waals surface area (Å²) in [6, 6.07) is 0. The van der Waals surface area contributed by atoms with Crippen molar-refractivity contribution in [3.8, 4) is 0 Å². The van der Waals surface area contributed by atoms with Crippen LogP contribution in [0, 0.1) is 17.3 Å². The second-order valence-corrected chi connectivity index (χ2v) is 5.67. The summed E-state index contributed by atoms with van der Waals surface area (Å²) in [6.07, 6.45) is 3.15. The Morgan fingerprint density at radius 2 is 1.56 bits per heavy atom. The monoisotopic (exact) mass is 270 g/mol. The third kappa shape index (κ3) is 7.21. The molecule has 0 saturated carbocycles. The fraction of sp³-hybridized carbons (Fsp3) is 0.846. The number of carboxylic acid groups (broad SMARTS) is 2. The third-order valence-electron chi connectivity index (χ3n) is 3.25. The molecular weight excluding hydrogens is 244 g/mol. The molecule has 0 fully saturated rings. The van der Waals surface area contributed by atoms with Gasteiger partial charge in [-0.3, -0.25) is 9.59 Å². The number of aliphatic carboxylic acids is 2. The molecule has 2 N–H and O–H groups in total. The molecule has 0 heterocycles. The van der Waals surface area contributed by atoms with Gasteiger partial charge in [-0.2, -0.15) is 0 Å². The van der Waals surface area contributed by atoms with E-state index in [0.717, 1.165) is 19.3 Å². The lowest BCUT2D eigenvalue weighted by molar-refractivity contribution is -0.155. The topological polar surface area (TPSA) is 74.6 Å². The van der Waals surface area contributed by atoms with Gasteiger partial charge in [-0.1, -0.05) is 40.5 Å². The van der Waals surface area contributed by atoms with Crippen LogP contribution in [0.5, 0.6) is 0 Å². The standard InChI is InChI=1S/C13H24O4.Mg.2H/c1-5-6-7-9(13(2,3)4)8-10(11(14)15)12(16)17;;;/h9-10H,5-8H2,1-4H3,(H,14,15)(H,16,17);;;. The molecular formula is C13H26MgO4. The normalized spacial score (nSPS) is 12.9. The number of unbranched alkanes of at least 4 members (excludes halogenated alkanes) is 1. The minimum absolute atomic E-state index is 0. The van der Waals surface area contributed by atoms with Gasteiger partial charge in [-0.25, -0.2) is 0 Å². The van der Waals surface area contributed by atoms with Crippen molar-refractivity contribution in [1.29, 1.82) is 0 Å². The van der Waals surface area contributed by atoms with E-state index in [9.17, 15) is 9.59 Å². The Bertz CT molecular complexity index is 257. The van der Waals surface area contributed by atoms with Crippen molar-refractivity contribution in [2.24, 2.45) is 17.3 Å². The number of carboxylic acids is 2. The Labute approximate surface area is 125 Å². The van der Waals surface area contributed by atoms with Crippen LogP contribution in [0.15, 0.2) is 0 Å². The summed E-state index contributed by atoms with van der Waals surface area (Å²) in [6.45, 7) is 8.18. The summed E-state index contributed by atoms with van der Waals surface area (Å²) >= 11 is 0. The predicted octanol–water partition coefficient (Wildman–Crippen LogP) is 2.10. The molecule has 0 saturated heterocycles. The molecule has 0 aromatic heterocycles. The summed E-state index contributed by atoms with van der Waals surface area (Å²) in [7, 11) is 0. The van der Waals surface area contributed by atoms with Crippen LogP contribution in [0.25, 0.3) is 0 Å². The minimum Gasteiger partial charge on any atom is -0.481 e. The summed E-state index contributed by atoms with van der Waals surface area (Å²) in [5.74, 6) is -3.62. The van der Waals surface area contributed by atoms with E-state index in [0.29, 0.717) is 0 Å². The van der Waals surface area contributed by atoms with Crippen molar-refractivity contribution in [1.82, 2.24) is 0 Å². The first-order valence-corrected chi connectivity index (χ1v) is 6.15. The number of rotatable bonds is 7. The van der Waals surface area contributed by atoms with Crippen LogP contribution in [0.4, 0.5) is 0 Å². The van der Waals surface area contributed by atoms with Crippen molar-refractivity contribution in [2.75, 3.05) is 0 Å². The Morgan fingerprint density at radius 1 is 1.11 bits per heavy atom. The van der Waals surface area contributed by atoms with Crippen LogP contribution in [0.3, 0.4) is 0 Å². The van der Waals surface area contributed by atoms with Crippen molar-refractivity contribution in [3.05, 3.63) is 0 Å². The average Bonchev–Trinajstić information content (AvgIpc) is 2.14. The highest BCUT2D eigenvalue weighted by molar-refractivity contribution is 5.92. The predicted molar refractivity (Wildman–Crippen MR) is 74.4 cm³/mol. The van der Waals surface area contributed by atoms with Gasteiger partial charge in [-0.15, -0.1) is 0 Å². The quantitative estimate of drug-likeness (QED) is 0.549. The maximum absolute atomic E-state index is 10.9. The highest BCUT2D eigenvalue weighted by atomic mass is 24.3. The Kier molecular flexibility index (Phi) is 9.73. The SMILES string of the molecule is CCCCC(CC(C(=O)O)C(=O)O)C(C)(C)C.[MgH2]. The zero-order valence-corrected chi connectivity index (χ0v) is 11.2. The largest absolute Gasteiger partial charge is 0.481 e. The van der Waals surface area contributed by atoms with E-state index >= 15 is 0 Å². The van der Waals surface area contributed by atoms with Crippen LogP contribution in [-0.4, -0.2) is 45.2 Å². The third-order valence-corrected chi connectivity index (χ3v) is 3.25. The summed E-state index contributed by atoms with van der Waals surface area (Å²) in [4.78, 5) is 21.8. The minimum atomic E-state index is -1.28. The summed E-state index contributed by atoms with van der Waals surface area (Å²) in [5, 5.41) is 17.8. The van der Waals surface area contributed by atoms with Crippen LogP contribution < -0.4 is 0 Å². The summed E-state index contributed by atoms with van der Waals surface area (Å²) < 4.78 is 0. The first-order valence-electron chi connectivity index (χ1n) is 6.15. The molecule has 0 spiro atoms. The molecule has 18 heavy (non-hydrogen) atoms. The Hall–Kier alpha value is -0.294. The smallest absolute Gasteiger partial charge is 0.317 e. The van der Waals surface area contributed by atoms with Crippen molar-refractivity contribution < 1.29 is 19.8 Å². The first-order chi connectivity index (χ1) is 7.70. The van der Waals surface area contributed by atoms with Gasteiger partial charge >= 0.3 is 35.0 Å². The van der Waals surface area contributed by atoms with Gasteiger partial charge in [0, 0.05) is 0 Å². The van der Waals surface area contributed by atoms with Crippen LogP contribution in [-0.2, 0) is 9.59 Å². The lowest BCUT2D eigenvalue weighted by Gasteiger charge is -2.32. The molecule has 0 aliphatic carbocycles.